The molecule has 244 valence electrons. The topological polar surface area (TPSA) is 51.8 Å². The number of aromatic nitrogens is 3. The number of nitrogens with zero attached hydrogens (tertiary/aromatic N) is 3. The molecule has 0 fully saturated rings. The van der Waals surface area contributed by atoms with E-state index in [-0.39, 0.29) is 0 Å². The van der Waals surface area contributed by atoms with Crippen LogP contribution in [0.5, 0.6) is 0 Å². The molecule has 0 spiro atoms. The van der Waals surface area contributed by atoms with Crippen LogP contribution in [0.3, 0.4) is 0 Å². The molecular formula is C47H29N3OS. The summed E-state index contributed by atoms with van der Waals surface area (Å²) in [7, 11) is 0. The van der Waals surface area contributed by atoms with Gasteiger partial charge in [0, 0.05) is 64.7 Å². The maximum atomic E-state index is 6.79. The van der Waals surface area contributed by atoms with E-state index >= 15 is 0 Å². The molecule has 0 saturated heterocycles. The van der Waals surface area contributed by atoms with Crippen LogP contribution in [0.25, 0.3) is 92.4 Å². The zero-order valence-corrected chi connectivity index (χ0v) is 28.8. The van der Waals surface area contributed by atoms with E-state index in [0.717, 1.165) is 61.6 Å². The van der Waals surface area contributed by atoms with E-state index in [1.54, 1.807) is 0 Å². The van der Waals surface area contributed by atoms with Gasteiger partial charge in [-0.15, -0.1) is 11.3 Å². The molecule has 0 N–H and O–H groups in total. The lowest BCUT2D eigenvalue weighted by Crippen LogP contribution is -2.08. The van der Waals surface area contributed by atoms with Crippen molar-refractivity contribution >= 4 is 69.8 Å². The number of furan rings is 1. The molecule has 52 heavy (non-hydrogen) atoms. The van der Waals surface area contributed by atoms with E-state index < -0.39 is 0 Å². The number of hydrogen-bond acceptors (Lipinski definition) is 5. The molecule has 1 unspecified atom stereocenters. The van der Waals surface area contributed by atoms with Gasteiger partial charge in [-0.2, -0.15) is 0 Å². The molecule has 2 aliphatic carbocycles. The van der Waals surface area contributed by atoms with Crippen LogP contribution < -0.4 is 0 Å². The van der Waals surface area contributed by atoms with Gasteiger partial charge in [-0.1, -0.05) is 121 Å². The maximum Gasteiger partial charge on any atom is 0.164 e. The average molecular weight is 684 g/mol. The molecule has 2 aliphatic rings. The van der Waals surface area contributed by atoms with Crippen molar-refractivity contribution in [2.45, 2.75) is 6.42 Å². The largest absolute Gasteiger partial charge is 0.455 e. The fourth-order valence-electron chi connectivity index (χ4n) is 7.89. The third kappa shape index (κ3) is 4.63. The van der Waals surface area contributed by atoms with Crippen molar-refractivity contribution in [3.05, 3.63) is 169 Å². The summed E-state index contributed by atoms with van der Waals surface area (Å²) in [6.45, 7) is 0. The Kier molecular flexibility index (Phi) is 6.51. The van der Waals surface area contributed by atoms with E-state index in [0.29, 0.717) is 23.4 Å². The summed E-state index contributed by atoms with van der Waals surface area (Å²) in [6, 6.07) is 42.7. The quantitative estimate of drug-likeness (QED) is 0.185. The van der Waals surface area contributed by atoms with Crippen molar-refractivity contribution < 1.29 is 4.42 Å². The standard InChI is InChI=1S/C47H29N3OS/c1-3-12-30-26-32(22-20-28(30)10-1)45-48-46(33-23-21-29-11-2-4-13-31(29)27-33)50-47(49-45)39-25-24-35(43-42(39)38-15-5-7-18-40(38)51-43)37-17-9-16-36-34-14-6-8-19-41(34)52-44(36)37/h1-20,22-27,29H,21H2. The summed E-state index contributed by atoms with van der Waals surface area (Å²) in [6.07, 6.45) is 14.1. The molecule has 0 radical (unpaired) electrons. The molecule has 6 aromatic carbocycles. The van der Waals surface area contributed by atoms with Gasteiger partial charge in [-0.3, -0.25) is 0 Å². The van der Waals surface area contributed by atoms with Crippen LogP contribution in [-0.4, -0.2) is 15.0 Å². The SMILES string of the molecule is C1=CC2=CC(c3nc(-c4ccc5ccccc5c4)nc(-c4ccc(-c5cccc6c5sc5ccccc56)c5oc6ccccc6c45)n3)=CCC2C=C1. The van der Waals surface area contributed by atoms with Crippen molar-refractivity contribution in [1.82, 2.24) is 15.0 Å². The van der Waals surface area contributed by atoms with Crippen molar-refractivity contribution in [2.24, 2.45) is 5.92 Å². The molecular weight excluding hydrogens is 655 g/mol. The van der Waals surface area contributed by atoms with Gasteiger partial charge in [0.1, 0.15) is 11.2 Å². The minimum atomic E-state index is 0.380. The zero-order chi connectivity index (χ0) is 34.2. The Morgan fingerprint density at radius 1 is 0.615 bits per heavy atom. The smallest absolute Gasteiger partial charge is 0.164 e. The highest BCUT2D eigenvalue weighted by Gasteiger charge is 2.24. The Morgan fingerprint density at radius 3 is 2.37 bits per heavy atom. The van der Waals surface area contributed by atoms with Gasteiger partial charge < -0.3 is 4.42 Å². The minimum absolute atomic E-state index is 0.380. The molecule has 3 heterocycles. The Morgan fingerprint density at radius 2 is 1.40 bits per heavy atom. The van der Waals surface area contributed by atoms with Crippen LogP contribution in [-0.2, 0) is 0 Å². The highest BCUT2D eigenvalue weighted by atomic mass is 32.1. The molecule has 1 atom stereocenters. The zero-order valence-electron chi connectivity index (χ0n) is 28.0. The van der Waals surface area contributed by atoms with Gasteiger partial charge in [0.25, 0.3) is 0 Å². The molecule has 0 amide bonds. The van der Waals surface area contributed by atoms with Crippen LogP contribution in [0.1, 0.15) is 12.2 Å². The fraction of sp³-hybridized carbons (Fsp3) is 0.0426. The second-order valence-electron chi connectivity index (χ2n) is 13.5. The average Bonchev–Trinajstić information content (AvgIpc) is 3.79. The van der Waals surface area contributed by atoms with E-state index in [1.807, 2.05) is 23.5 Å². The van der Waals surface area contributed by atoms with Crippen molar-refractivity contribution in [1.29, 1.82) is 0 Å². The number of rotatable bonds is 4. The third-order valence-corrected chi connectivity index (χ3v) is 11.7. The Hall–Kier alpha value is -6.43. The van der Waals surface area contributed by atoms with Crippen molar-refractivity contribution in [3.63, 3.8) is 0 Å². The maximum absolute atomic E-state index is 6.79. The molecule has 0 saturated carbocycles. The predicted octanol–water partition coefficient (Wildman–Crippen LogP) is 12.7. The first-order valence-electron chi connectivity index (χ1n) is 17.6. The van der Waals surface area contributed by atoms with Crippen LogP contribution in [0.15, 0.2) is 168 Å². The molecule has 11 rings (SSSR count). The second-order valence-corrected chi connectivity index (χ2v) is 14.6. The van der Waals surface area contributed by atoms with Crippen LogP contribution in [0.4, 0.5) is 0 Å². The highest BCUT2D eigenvalue weighted by Crippen LogP contribution is 2.46. The van der Waals surface area contributed by atoms with Crippen molar-refractivity contribution in [3.8, 4) is 33.9 Å². The van der Waals surface area contributed by atoms with Gasteiger partial charge in [-0.05, 0) is 59.2 Å². The lowest BCUT2D eigenvalue weighted by Gasteiger charge is -2.21. The first-order chi connectivity index (χ1) is 25.7. The number of thiophene rings is 1. The fourth-order valence-corrected chi connectivity index (χ4v) is 9.12. The molecule has 0 bridgehead atoms. The monoisotopic (exact) mass is 683 g/mol. The molecule has 5 heteroatoms. The Bertz CT molecular complexity index is 3070. The summed E-state index contributed by atoms with van der Waals surface area (Å²) in [4.78, 5) is 15.6. The summed E-state index contributed by atoms with van der Waals surface area (Å²) < 4.78 is 9.32. The van der Waals surface area contributed by atoms with Gasteiger partial charge in [0.2, 0.25) is 0 Å². The Labute approximate surface area is 303 Å². The Balaban J connectivity index is 1.16. The van der Waals surface area contributed by atoms with E-state index in [1.165, 1.54) is 31.1 Å². The third-order valence-electron chi connectivity index (χ3n) is 10.4. The van der Waals surface area contributed by atoms with Gasteiger partial charge in [0.05, 0.1) is 0 Å². The van der Waals surface area contributed by atoms with Gasteiger partial charge in [-0.25, -0.2) is 15.0 Å². The van der Waals surface area contributed by atoms with Gasteiger partial charge in [0.15, 0.2) is 17.5 Å². The molecule has 3 aromatic heterocycles. The lowest BCUT2D eigenvalue weighted by atomic mass is 9.85. The number of benzene rings is 6. The van der Waals surface area contributed by atoms with Crippen LogP contribution in [0, 0.1) is 5.92 Å². The summed E-state index contributed by atoms with van der Waals surface area (Å²) in [5.41, 5.74) is 8.04. The summed E-state index contributed by atoms with van der Waals surface area (Å²) in [5, 5.41) is 6.90. The summed E-state index contributed by atoms with van der Waals surface area (Å²) >= 11 is 1.83. The normalized spacial score (nSPS) is 15.5. The van der Waals surface area contributed by atoms with Crippen LogP contribution in [0.2, 0.25) is 0 Å². The number of para-hydroxylation sites is 1. The first kappa shape index (κ1) is 29.3. The molecule has 0 aliphatic heterocycles. The number of hydrogen-bond donors (Lipinski definition) is 0. The number of allylic oxidation sites excluding steroid dienone is 8. The minimum Gasteiger partial charge on any atom is -0.455 e. The van der Waals surface area contributed by atoms with E-state index in [9.17, 15) is 0 Å². The van der Waals surface area contributed by atoms with Crippen molar-refractivity contribution in [2.75, 3.05) is 0 Å². The second kappa shape index (κ2) is 11.6. The van der Waals surface area contributed by atoms with E-state index in [4.69, 9.17) is 19.4 Å². The predicted molar refractivity (Wildman–Crippen MR) is 216 cm³/mol. The highest BCUT2D eigenvalue weighted by molar-refractivity contribution is 7.26. The number of fused-ring (bicyclic) bond motifs is 8. The lowest BCUT2D eigenvalue weighted by molar-refractivity contribution is 0.670. The van der Waals surface area contributed by atoms with Crippen LogP contribution >= 0.6 is 11.3 Å². The molecule has 9 aromatic rings. The van der Waals surface area contributed by atoms with E-state index in [2.05, 4.69) is 146 Å². The summed E-state index contributed by atoms with van der Waals surface area (Å²) in [5.74, 6) is 2.31. The molecule has 4 nitrogen and oxygen atoms in total. The van der Waals surface area contributed by atoms with Gasteiger partial charge >= 0.3 is 0 Å². The first-order valence-corrected chi connectivity index (χ1v) is 18.4.